The standard InChI is InChI=1S/C19H22N2O7/c1-4-26-18(23)20-21(19(24)27-5-2)11-8-13-16(9-11)28-15-7-6-12(25-3)10-14(15)17(13)22/h6-8,10-11,16H,4-5,9H2,1-3H3,(H,20,23). The van der Waals surface area contributed by atoms with E-state index in [1.165, 1.54) is 7.11 Å². The molecule has 150 valence electrons. The van der Waals surface area contributed by atoms with Gasteiger partial charge in [0.1, 0.15) is 17.6 Å². The molecule has 2 amide bonds. The predicted molar refractivity (Wildman–Crippen MR) is 97.2 cm³/mol. The van der Waals surface area contributed by atoms with Crippen LogP contribution in [0.1, 0.15) is 30.6 Å². The Bertz CT molecular complexity index is 821. The molecule has 9 nitrogen and oxygen atoms in total. The molecule has 0 saturated heterocycles. The van der Waals surface area contributed by atoms with Crippen LogP contribution < -0.4 is 14.9 Å². The Hall–Kier alpha value is -3.23. The Morgan fingerprint density at radius 3 is 2.68 bits per heavy atom. The Morgan fingerprint density at radius 2 is 2.00 bits per heavy atom. The van der Waals surface area contributed by atoms with Gasteiger partial charge in [-0.05, 0) is 38.1 Å². The summed E-state index contributed by atoms with van der Waals surface area (Å²) < 4.78 is 21.0. The van der Waals surface area contributed by atoms with Crippen molar-refractivity contribution in [3.63, 3.8) is 0 Å². The van der Waals surface area contributed by atoms with Crippen molar-refractivity contribution in [1.82, 2.24) is 10.4 Å². The lowest BCUT2D eigenvalue weighted by molar-refractivity contribution is 0.0586. The molecule has 0 aromatic heterocycles. The second kappa shape index (κ2) is 8.20. The smallest absolute Gasteiger partial charge is 0.429 e. The quantitative estimate of drug-likeness (QED) is 0.788. The van der Waals surface area contributed by atoms with Gasteiger partial charge in [-0.2, -0.15) is 0 Å². The second-order valence-corrected chi connectivity index (χ2v) is 6.12. The van der Waals surface area contributed by atoms with Gasteiger partial charge in [0.05, 0.1) is 31.9 Å². The minimum atomic E-state index is -0.788. The number of rotatable bonds is 4. The monoisotopic (exact) mass is 390 g/mol. The van der Waals surface area contributed by atoms with Gasteiger partial charge in [-0.15, -0.1) is 0 Å². The van der Waals surface area contributed by atoms with E-state index in [0.29, 0.717) is 22.6 Å². The minimum Gasteiger partial charge on any atom is -0.497 e. The van der Waals surface area contributed by atoms with Crippen LogP contribution in [0.3, 0.4) is 0 Å². The molecule has 3 rings (SSSR count). The summed E-state index contributed by atoms with van der Waals surface area (Å²) in [6.45, 7) is 3.59. The van der Waals surface area contributed by atoms with Crippen LogP contribution in [0.2, 0.25) is 0 Å². The number of hydrazine groups is 1. The molecule has 1 aromatic rings. The molecule has 0 bridgehead atoms. The van der Waals surface area contributed by atoms with E-state index in [1.54, 1.807) is 38.1 Å². The average Bonchev–Trinajstić information content (AvgIpc) is 3.10. The molecule has 2 atom stereocenters. The van der Waals surface area contributed by atoms with Crippen molar-refractivity contribution in [3.8, 4) is 11.5 Å². The second-order valence-electron chi connectivity index (χ2n) is 6.12. The summed E-state index contributed by atoms with van der Waals surface area (Å²) in [5.41, 5.74) is 3.19. The molecular weight excluding hydrogens is 368 g/mol. The number of carbonyl (C=O) groups excluding carboxylic acids is 3. The molecule has 2 aliphatic rings. The highest BCUT2D eigenvalue weighted by Gasteiger charge is 2.42. The number of Topliss-reactive ketones (excluding diaryl/α,β-unsaturated/α-hetero) is 1. The van der Waals surface area contributed by atoms with Crippen LogP contribution >= 0.6 is 0 Å². The molecule has 1 aliphatic carbocycles. The molecule has 0 spiro atoms. The highest BCUT2D eigenvalue weighted by Crippen LogP contribution is 2.38. The first-order valence-electron chi connectivity index (χ1n) is 8.99. The summed E-state index contributed by atoms with van der Waals surface area (Å²) in [6, 6.07) is 4.38. The fraction of sp³-hybridized carbons (Fsp3) is 0.421. The van der Waals surface area contributed by atoms with E-state index in [4.69, 9.17) is 18.9 Å². The van der Waals surface area contributed by atoms with E-state index < -0.39 is 24.3 Å². The largest absolute Gasteiger partial charge is 0.497 e. The summed E-state index contributed by atoms with van der Waals surface area (Å²) in [5, 5.41) is 1.02. The number of nitrogens with one attached hydrogen (secondary N) is 1. The first-order valence-corrected chi connectivity index (χ1v) is 8.99. The lowest BCUT2D eigenvalue weighted by Crippen LogP contribution is -2.51. The molecule has 28 heavy (non-hydrogen) atoms. The highest BCUT2D eigenvalue weighted by atomic mass is 16.6. The molecule has 9 heteroatoms. The van der Waals surface area contributed by atoms with Crippen LogP contribution in [-0.4, -0.2) is 55.4 Å². The molecule has 1 aromatic carbocycles. The average molecular weight is 390 g/mol. The maximum Gasteiger partial charge on any atom is 0.429 e. The van der Waals surface area contributed by atoms with Crippen molar-refractivity contribution >= 4 is 18.0 Å². The minimum absolute atomic E-state index is 0.132. The van der Waals surface area contributed by atoms with Gasteiger partial charge < -0.3 is 18.9 Å². The number of methoxy groups -OCH3 is 1. The zero-order chi connectivity index (χ0) is 20.3. The van der Waals surface area contributed by atoms with E-state index >= 15 is 0 Å². The predicted octanol–water partition coefficient (Wildman–Crippen LogP) is 2.46. The number of fused-ring (bicyclic) bond motifs is 2. The molecule has 1 N–H and O–H groups in total. The molecule has 1 heterocycles. The fourth-order valence-electron chi connectivity index (χ4n) is 3.19. The van der Waals surface area contributed by atoms with E-state index in [2.05, 4.69) is 5.43 Å². The van der Waals surface area contributed by atoms with Gasteiger partial charge >= 0.3 is 12.2 Å². The molecule has 0 fully saturated rings. The lowest BCUT2D eigenvalue weighted by atomic mass is 9.97. The number of nitrogens with zero attached hydrogens (tertiary/aromatic N) is 1. The van der Waals surface area contributed by atoms with Crippen LogP contribution in [0.5, 0.6) is 11.5 Å². The van der Waals surface area contributed by atoms with Gasteiger partial charge in [0.15, 0.2) is 5.78 Å². The van der Waals surface area contributed by atoms with E-state index in [-0.39, 0.29) is 25.4 Å². The number of ketones is 1. The van der Waals surface area contributed by atoms with Crippen LogP contribution in [0.25, 0.3) is 0 Å². The molecule has 2 unspecified atom stereocenters. The number of hydrogen-bond donors (Lipinski definition) is 1. The van der Waals surface area contributed by atoms with Crippen molar-refractivity contribution in [2.24, 2.45) is 0 Å². The Kier molecular flexibility index (Phi) is 5.72. The first kappa shape index (κ1) is 19.5. The van der Waals surface area contributed by atoms with Crippen LogP contribution in [0.15, 0.2) is 29.8 Å². The Morgan fingerprint density at radius 1 is 1.25 bits per heavy atom. The van der Waals surface area contributed by atoms with Gasteiger partial charge in [-0.3, -0.25) is 4.79 Å². The summed E-state index contributed by atoms with van der Waals surface area (Å²) in [4.78, 5) is 37.1. The third-order valence-corrected chi connectivity index (χ3v) is 4.42. The molecule has 0 saturated carbocycles. The van der Waals surface area contributed by atoms with Crippen molar-refractivity contribution < 1.29 is 33.3 Å². The van der Waals surface area contributed by atoms with Crippen LogP contribution in [-0.2, 0) is 9.47 Å². The normalized spacial score (nSPS) is 19.5. The van der Waals surface area contributed by atoms with E-state index in [0.717, 1.165) is 5.01 Å². The maximum atomic E-state index is 12.9. The zero-order valence-corrected chi connectivity index (χ0v) is 15.9. The summed E-state index contributed by atoms with van der Waals surface area (Å²) in [5.74, 6) is 0.795. The topological polar surface area (TPSA) is 103 Å². The number of benzene rings is 1. The maximum absolute atomic E-state index is 12.9. The molecular formula is C19H22N2O7. The number of carbonyl (C=O) groups is 3. The van der Waals surface area contributed by atoms with Crippen molar-refractivity contribution in [1.29, 1.82) is 0 Å². The molecule has 1 aliphatic heterocycles. The lowest BCUT2D eigenvalue weighted by Gasteiger charge is -2.28. The Labute approximate surface area is 162 Å². The van der Waals surface area contributed by atoms with Crippen LogP contribution in [0, 0.1) is 0 Å². The summed E-state index contributed by atoms with van der Waals surface area (Å²) >= 11 is 0. The van der Waals surface area contributed by atoms with Gasteiger partial charge in [0.2, 0.25) is 0 Å². The number of hydrogen-bond acceptors (Lipinski definition) is 7. The van der Waals surface area contributed by atoms with Crippen LogP contribution in [0.4, 0.5) is 9.59 Å². The first-order chi connectivity index (χ1) is 13.5. The number of amides is 2. The third kappa shape index (κ3) is 3.73. The van der Waals surface area contributed by atoms with E-state index in [9.17, 15) is 14.4 Å². The summed E-state index contributed by atoms with van der Waals surface area (Å²) in [6.07, 6.45) is -0.165. The SMILES string of the molecule is CCOC(=O)NN(C(=O)OCC)C1C=C2C(=O)c3cc(OC)ccc3OC2C1. The van der Waals surface area contributed by atoms with Crippen molar-refractivity contribution in [2.75, 3.05) is 20.3 Å². The number of ether oxygens (including phenoxy) is 4. The third-order valence-electron chi connectivity index (χ3n) is 4.42. The van der Waals surface area contributed by atoms with Crippen molar-refractivity contribution in [2.45, 2.75) is 32.4 Å². The van der Waals surface area contributed by atoms with E-state index in [1.807, 2.05) is 0 Å². The summed E-state index contributed by atoms with van der Waals surface area (Å²) in [7, 11) is 1.52. The van der Waals surface area contributed by atoms with Gasteiger partial charge in [-0.25, -0.2) is 20.0 Å². The zero-order valence-electron chi connectivity index (χ0n) is 15.9. The van der Waals surface area contributed by atoms with Gasteiger partial charge in [0.25, 0.3) is 0 Å². The highest BCUT2D eigenvalue weighted by molar-refractivity contribution is 6.12. The Balaban J connectivity index is 1.85. The fourth-order valence-corrected chi connectivity index (χ4v) is 3.19. The van der Waals surface area contributed by atoms with Gasteiger partial charge in [-0.1, -0.05) is 0 Å². The van der Waals surface area contributed by atoms with Gasteiger partial charge in [0, 0.05) is 12.0 Å². The van der Waals surface area contributed by atoms with Crippen molar-refractivity contribution in [3.05, 3.63) is 35.4 Å². The molecule has 0 radical (unpaired) electrons.